The van der Waals surface area contributed by atoms with Crippen molar-refractivity contribution in [1.82, 2.24) is 4.90 Å². The highest BCUT2D eigenvalue weighted by Gasteiger charge is 2.67. The zero-order valence-electron chi connectivity index (χ0n) is 16.9. The summed E-state index contributed by atoms with van der Waals surface area (Å²) in [4.78, 5) is 31.5. The smallest absolute Gasteiger partial charge is 0.229 e. The van der Waals surface area contributed by atoms with Gasteiger partial charge in [0.1, 0.15) is 11.5 Å². The summed E-state index contributed by atoms with van der Waals surface area (Å²) in [6, 6.07) is 5.74. The first-order valence-corrected chi connectivity index (χ1v) is 10.6. The van der Waals surface area contributed by atoms with Crippen molar-refractivity contribution in [3.63, 3.8) is 0 Å². The van der Waals surface area contributed by atoms with Gasteiger partial charge in [-0.15, -0.1) is 0 Å². The van der Waals surface area contributed by atoms with Crippen LogP contribution in [0.5, 0.6) is 5.75 Å². The number of Topliss-reactive ketones (excluding diaryl/α,β-unsaturated/α-hetero) is 1. The number of rotatable bonds is 1. The van der Waals surface area contributed by atoms with Gasteiger partial charge in [0, 0.05) is 24.9 Å². The Labute approximate surface area is 170 Å². The van der Waals surface area contributed by atoms with Gasteiger partial charge in [-0.25, -0.2) is 0 Å². The number of fused-ring (bicyclic) bond motifs is 6. The van der Waals surface area contributed by atoms with Crippen LogP contribution in [0.1, 0.15) is 24.8 Å². The van der Waals surface area contributed by atoms with E-state index in [-0.39, 0.29) is 35.7 Å². The van der Waals surface area contributed by atoms with Gasteiger partial charge in [-0.1, -0.05) is 17.7 Å². The van der Waals surface area contributed by atoms with E-state index in [1.54, 1.807) is 7.11 Å². The second kappa shape index (κ2) is 5.92. The Hall–Kier alpha value is -2.18. The van der Waals surface area contributed by atoms with Crippen molar-refractivity contribution in [2.45, 2.75) is 36.8 Å². The normalized spacial score (nSPS) is 38.0. The number of benzene rings is 1. The molecule has 0 radical (unpaired) electrons. The number of amides is 1. The lowest BCUT2D eigenvalue weighted by molar-refractivity contribution is -0.140. The fourth-order valence-electron chi connectivity index (χ4n) is 6.80. The predicted molar refractivity (Wildman–Crippen MR) is 107 cm³/mol. The van der Waals surface area contributed by atoms with Crippen molar-refractivity contribution < 1.29 is 19.1 Å². The van der Waals surface area contributed by atoms with Gasteiger partial charge < -0.3 is 19.3 Å². The molecule has 3 saturated heterocycles. The Morgan fingerprint density at radius 3 is 2.93 bits per heavy atom. The van der Waals surface area contributed by atoms with E-state index in [1.807, 2.05) is 23.1 Å². The minimum atomic E-state index is -0.644. The van der Waals surface area contributed by atoms with Gasteiger partial charge in [0.2, 0.25) is 5.91 Å². The standard InChI is InChI=1S/C23H26N2O4/c1-24-7-6-23-16-4-3-14(28-2)9-17(16)25-20(27)11-18-21(22(23)25)15(10-19(23)26)13(12-24)5-8-29-18/h3-5,9,15,18,21-22H,6-8,10-12H2,1-2H3/t15?,18?,21?,22-,23?/m0/s1. The third kappa shape index (κ3) is 2.14. The van der Waals surface area contributed by atoms with E-state index in [4.69, 9.17) is 9.47 Å². The zero-order valence-corrected chi connectivity index (χ0v) is 16.9. The van der Waals surface area contributed by atoms with Gasteiger partial charge in [0.15, 0.2) is 0 Å². The van der Waals surface area contributed by atoms with Crippen LogP contribution < -0.4 is 9.64 Å². The Morgan fingerprint density at radius 1 is 1.24 bits per heavy atom. The molecule has 5 atom stereocenters. The maximum atomic E-state index is 13.9. The van der Waals surface area contributed by atoms with Gasteiger partial charge in [-0.2, -0.15) is 0 Å². The molecule has 152 valence electrons. The summed E-state index contributed by atoms with van der Waals surface area (Å²) in [5, 5.41) is 0. The van der Waals surface area contributed by atoms with E-state index in [1.165, 1.54) is 5.57 Å². The van der Waals surface area contributed by atoms with Crippen molar-refractivity contribution in [3.8, 4) is 5.75 Å². The van der Waals surface area contributed by atoms with Crippen LogP contribution in [0.4, 0.5) is 5.69 Å². The molecule has 0 aromatic heterocycles. The van der Waals surface area contributed by atoms with E-state index in [2.05, 4.69) is 18.0 Å². The number of piperidine rings is 1. The third-order valence-electron chi connectivity index (χ3n) is 8.01. The van der Waals surface area contributed by atoms with Gasteiger partial charge in [0.05, 0.1) is 43.4 Å². The van der Waals surface area contributed by atoms with Crippen LogP contribution in [0.25, 0.3) is 0 Å². The number of carbonyl (C=O) groups excluding carboxylic acids is 2. The SMILES string of the molecule is COc1ccc2c(c1)N1C(=O)CC3OCC=C4CN(C)CCC25C(=O)CC4C3[C@H]15. The molecule has 0 N–H and O–H groups in total. The van der Waals surface area contributed by atoms with Crippen LogP contribution in [0, 0.1) is 11.8 Å². The number of ketones is 1. The summed E-state index contributed by atoms with van der Waals surface area (Å²) < 4.78 is 11.7. The largest absolute Gasteiger partial charge is 0.497 e. The monoisotopic (exact) mass is 394 g/mol. The maximum Gasteiger partial charge on any atom is 0.229 e. The second-order valence-electron chi connectivity index (χ2n) is 9.22. The van der Waals surface area contributed by atoms with Crippen LogP contribution in [0.15, 0.2) is 29.8 Å². The molecule has 29 heavy (non-hydrogen) atoms. The third-order valence-corrected chi connectivity index (χ3v) is 8.01. The van der Waals surface area contributed by atoms with Crippen LogP contribution in [-0.2, 0) is 19.7 Å². The fourth-order valence-corrected chi connectivity index (χ4v) is 6.80. The van der Waals surface area contributed by atoms with Crippen LogP contribution in [0.3, 0.4) is 0 Å². The Morgan fingerprint density at radius 2 is 2.10 bits per heavy atom. The number of methoxy groups -OCH3 is 1. The average Bonchev–Trinajstić information content (AvgIpc) is 2.95. The average molecular weight is 394 g/mol. The molecule has 1 saturated carbocycles. The van der Waals surface area contributed by atoms with Gasteiger partial charge >= 0.3 is 0 Å². The lowest BCUT2D eigenvalue weighted by atomic mass is 9.55. The predicted octanol–water partition coefficient (Wildman–Crippen LogP) is 1.92. The van der Waals surface area contributed by atoms with E-state index < -0.39 is 5.41 Å². The quantitative estimate of drug-likeness (QED) is 0.681. The van der Waals surface area contributed by atoms with Crippen molar-refractivity contribution >= 4 is 17.4 Å². The van der Waals surface area contributed by atoms with Crippen molar-refractivity contribution in [3.05, 3.63) is 35.4 Å². The summed E-state index contributed by atoms with van der Waals surface area (Å²) in [5.74, 6) is 1.38. The molecule has 5 aliphatic heterocycles. The van der Waals surface area contributed by atoms with Crippen LogP contribution in [0.2, 0.25) is 0 Å². The first-order chi connectivity index (χ1) is 14.0. The van der Waals surface area contributed by atoms with E-state index in [0.717, 1.165) is 36.5 Å². The minimum Gasteiger partial charge on any atom is -0.497 e. The molecule has 1 aromatic carbocycles. The summed E-state index contributed by atoms with van der Waals surface area (Å²) in [5.41, 5.74) is 2.54. The highest BCUT2D eigenvalue weighted by Crippen LogP contribution is 2.60. The molecule has 6 heteroatoms. The zero-order chi connectivity index (χ0) is 19.9. The number of anilines is 1. The molecule has 4 fully saturated rings. The molecule has 4 unspecified atom stereocenters. The molecular weight excluding hydrogens is 368 g/mol. The number of hydrogen-bond donors (Lipinski definition) is 0. The molecule has 1 spiro atoms. The Kier molecular flexibility index (Phi) is 3.61. The lowest BCUT2D eigenvalue weighted by Crippen LogP contribution is -2.66. The fraction of sp³-hybridized carbons (Fsp3) is 0.565. The molecule has 4 bridgehead atoms. The molecule has 6 nitrogen and oxygen atoms in total. The minimum absolute atomic E-state index is 0.0668. The molecule has 1 amide bonds. The maximum absolute atomic E-state index is 13.9. The molecular formula is C23H26N2O4. The Bertz CT molecular complexity index is 956. The topological polar surface area (TPSA) is 59.1 Å². The van der Waals surface area contributed by atoms with E-state index in [9.17, 15) is 9.59 Å². The van der Waals surface area contributed by atoms with E-state index in [0.29, 0.717) is 19.4 Å². The summed E-state index contributed by atoms with van der Waals surface area (Å²) >= 11 is 0. The summed E-state index contributed by atoms with van der Waals surface area (Å²) in [6.45, 7) is 2.23. The van der Waals surface area contributed by atoms with E-state index >= 15 is 0 Å². The van der Waals surface area contributed by atoms with Crippen LogP contribution >= 0.6 is 0 Å². The Balaban J connectivity index is 1.64. The highest BCUT2D eigenvalue weighted by atomic mass is 16.5. The van der Waals surface area contributed by atoms with Crippen molar-refractivity contribution in [2.24, 2.45) is 11.8 Å². The molecule has 1 aliphatic carbocycles. The van der Waals surface area contributed by atoms with Crippen LogP contribution in [-0.4, -0.2) is 62.6 Å². The van der Waals surface area contributed by atoms with Crippen molar-refractivity contribution in [2.75, 3.05) is 38.8 Å². The summed E-state index contributed by atoms with van der Waals surface area (Å²) in [6.07, 6.45) is 3.73. The number of likely N-dealkylation sites (N-methyl/N-ethyl adjacent to an activating group) is 1. The number of ether oxygens (including phenoxy) is 2. The number of carbonyl (C=O) groups is 2. The first kappa shape index (κ1) is 17.7. The number of nitrogens with zero attached hydrogens (tertiary/aromatic N) is 2. The molecule has 7 rings (SSSR count). The molecule has 6 aliphatic rings. The van der Waals surface area contributed by atoms with Gasteiger partial charge in [0.25, 0.3) is 0 Å². The molecule has 1 aromatic rings. The van der Waals surface area contributed by atoms with Gasteiger partial charge in [-0.05, 0) is 37.6 Å². The molecule has 5 heterocycles. The lowest BCUT2D eigenvalue weighted by Gasteiger charge is -2.53. The van der Waals surface area contributed by atoms with Gasteiger partial charge in [-0.3, -0.25) is 9.59 Å². The first-order valence-electron chi connectivity index (χ1n) is 10.6. The summed E-state index contributed by atoms with van der Waals surface area (Å²) in [7, 11) is 3.77. The highest BCUT2D eigenvalue weighted by molar-refractivity contribution is 6.06. The number of hydrogen-bond acceptors (Lipinski definition) is 5. The second-order valence-corrected chi connectivity index (χ2v) is 9.22. The van der Waals surface area contributed by atoms with Crippen molar-refractivity contribution in [1.29, 1.82) is 0 Å².